The molecule has 0 fully saturated rings. The van der Waals surface area contributed by atoms with E-state index >= 15 is 0 Å². The minimum atomic E-state index is -3.14. The van der Waals surface area contributed by atoms with E-state index < -0.39 is 78.7 Å². The molecule has 0 saturated carbocycles. The highest BCUT2D eigenvalue weighted by Crippen LogP contribution is 2.34. The molecule has 0 saturated heterocycles. The number of imidazole rings is 1. The van der Waals surface area contributed by atoms with Crippen LogP contribution in [0.2, 0.25) is 0 Å². The van der Waals surface area contributed by atoms with Gasteiger partial charge in [-0.05, 0) is 25.7 Å². The second kappa shape index (κ2) is 4.83. The summed E-state index contributed by atoms with van der Waals surface area (Å²) < 4.78 is 93.5. The first-order valence-electron chi connectivity index (χ1n) is 12.2. The van der Waals surface area contributed by atoms with Gasteiger partial charge in [0.05, 0.1) is 8.22 Å². The number of rotatable bonds is 2. The summed E-state index contributed by atoms with van der Waals surface area (Å²) >= 11 is 0. The van der Waals surface area contributed by atoms with Crippen LogP contribution in [-0.4, -0.2) is 19.9 Å². The predicted octanol–water partition coefficient (Wildman–Crippen LogP) is 3.13. The van der Waals surface area contributed by atoms with Crippen molar-refractivity contribution in [2.24, 2.45) is 12.9 Å². The van der Waals surface area contributed by atoms with Gasteiger partial charge in [0.2, 0.25) is 0 Å². The van der Waals surface area contributed by atoms with E-state index in [1.165, 1.54) is 14.0 Å². The third kappa shape index (κ3) is 1.83. The van der Waals surface area contributed by atoms with Gasteiger partial charge in [-0.1, -0.05) is 18.1 Å². The topological polar surface area (TPSA) is 39.8 Å². The summed E-state index contributed by atoms with van der Waals surface area (Å²) in [7, 11) is 1.29. The minimum Gasteiger partial charge on any atom is -0.347 e. The fourth-order valence-electron chi connectivity index (χ4n) is 2.58. The van der Waals surface area contributed by atoms with Crippen LogP contribution in [0.3, 0.4) is 0 Å². The largest absolute Gasteiger partial charge is 0.347 e. The summed E-state index contributed by atoms with van der Waals surface area (Å²) in [6.45, 7) is 0.604. The first-order valence-corrected chi connectivity index (χ1v) is 6.66. The number of fused-ring (bicyclic) bond motifs is 3. The van der Waals surface area contributed by atoms with Crippen molar-refractivity contribution in [3.8, 4) is 0 Å². The van der Waals surface area contributed by atoms with Gasteiger partial charge in [0, 0.05) is 60.8 Å². The van der Waals surface area contributed by atoms with Gasteiger partial charge in [0.25, 0.3) is 0 Å². The van der Waals surface area contributed by atoms with Gasteiger partial charge < -0.3 is 9.13 Å². The molecule has 0 amide bonds. The molecular formula is C18H19N3O. The Balaban J connectivity index is 2.13. The maximum Gasteiger partial charge on any atom is 0.170 e. The molecule has 0 spiro atoms. The molecule has 0 radical (unpaired) electrons. The van der Waals surface area contributed by atoms with Crippen LogP contribution in [0.5, 0.6) is 0 Å². The lowest BCUT2D eigenvalue weighted by Crippen LogP contribution is -2.27. The molecule has 0 N–H and O–H groups in total. The number of Topliss-reactive ketones (excluding diaryl/α,β-unsaturated/α-hetero) is 1. The minimum absolute atomic E-state index is 0.0754. The number of para-hydroxylation sites is 1. The van der Waals surface area contributed by atoms with E-state index in [0.29, 0.717) is 0 Å². The monoisotopic (exact) mass is 304 g/mol. The summed E-state index contributed by atoms with van der Waals surface area (Å²) in [5.74, 6) is -3.93. The van der Waals surface area contributed by atoms with Crippen molar-refractivity contribution in [2.45, 2.75) is 26.2 Å². The van der Waals surface area contributed by atoms with Crippen molar-refractivity contribution in [3.05, 3.63) is 53.6 Å². The van der Waals surface area contributed by atoms with Crippen LogP contribution in [0, 0.1) is 12.8 Å². The molecule has 1 unspecified atom stereocenters. The quantitative estimate of drug-likeness (QED) is 0.730. The van der Waals surface area contributed by atoms with Gasteiger partial charge >= 0.3 is 0 Å². The first-order chi connectivity index (χ1) is 15.0. The zero-order chi connectivity index (χ0) is 25.0. The Hall–Kier alpha value is -2.36. The van der Waals surface area contributed by atoms with E-state index in [-0.39, 0.29) is 16.7 Å². The third-order valence-electron chi connectivity index (χ3n) is 3.77. The normalized spacial score (nSPS) is 33.0. The molecule has 1 atom stereocenters. The lowest BCUT2D eigenvalue weighted by atomic mass is 9.85. The highest BCUT2D eigenvalue weighted by Gasteiger charge is 2.32. The molecule has 4 heteroatoms. The van der Waals surface area contributed by atoms with Crippen molar-refractivity contribution in [1.29, 1.82) is 0 Å². The number of hydrogen-bond acceptors (Lipinski definition) is 2. The molecule has 0 aliphatic heterocycles. The van der Waals surface area contributed by atoms with Crippen LogP contribution in [-0.2, 0) is 20.0 Å². The Labute approximate surface area is 144 Å². The summed E-state index contributed by atoms with van der Waals surface area (Å²) in [4.78, 5) is 17.5. The number of hydrogen-bond donors (Lipinski definition) is 0. The first kappa shape index (κ1) is 6.03. The van der Waals surface area contributed by atoms with E-state index in [0.717, 1.165) is 9.13 Å². The molecule has 112 valence electrons. The van der Waals surface area contributed by atoms with Crippen LogP contribution in [0.1, 0.15) is 43.3 Å². The number of ketones is 1. The fraction of sp³-hybridized carbons (Fsp3) is 0.333. The number of nitrogens with zero attached hydrogens (tertiary/aromatic N) is 3. The van der Waals surface area contributed by atoms with Crippen LogP contribution >= 0.6 is 0 Å². The van der Waals surface area contributed by atoms with Gasteiger partial charge in [0.1, 0.15) is 5.82 Å². The molecule has 4 nitrogen and oxygen atoms in total. The van der Waals surface area contributed by atoms with Crippen molar-refractivity contribution < 1.29 is 19.9 Å². The van der Waals surface area contributed by atoms with Crippen molar-refractivity contribution in [1.82, 2.24) is 14.1 Å². The maximum absolute atomic E-state index is 13.8. The molecule has 1 aromatic carbocycles. The zero-order valence-corrected chi connectivity index (χ0v) is 12.0. The van der Waals surface area contributed by atoms with Gasteiger partial charge in [-0.2, -0.15) is 0 Å². The molecular weight excluding hydrogens is 274 g/mol. The van der Waals surface area contributed by atoms with E-state index in [1.807, 2.05) is 0 Å². The third-order valence-corrected chi connectivity index (χ3v) is 3.77. The van der Waals surface area contributed by atoms with Crippen molar-refractivity contribution in [2.75, 3.05) is 0 Å². The number of benzene rings is 1. The summed E-state index contributed by atoms with van der Waals surface area (Å²) in [6, 6.07) is -2.34. The molecule has 1 aliphatic carbocycles. The van der Waals surface area contributed by atoms with E-state index in [9.17, 15) is 4.79 Å². The fourth-order valence-corrected chi connectivity index (χ4v) is 2.58. The lowest BCUT2D eigenvalue weighted by molar-refractivity contribution is 0.0888. The van der Waals surface area contributed by atoms with E-state index in [2.05, 4.69) is 4.98 Å². The molecule has 3 aromatic rings. The zero-order valence-electron chi connectivity index (χ0n) is 23.0. The molecule has 1 aliphatic rings. The van der Waals surface area contributed by atoms with Crippen LogP contribution in [0.4, 0.5) is 0 Å². The molecule has 4 rings (SSSR count). The Bertz CT molecular complexity index is 1370. The number of carbonyl (C=O) groups excluding carboxylic acids is 1. The molecule has 2 aromatic heterocycles. The Morgan fingerprint density at radius 1 is 1.50 bits per heavy atom. The molecule has 2 heterocycles. The second-order valence-electron chi connectivity index (χ2n) is 5.03. The van der Waals surface area contributed by atoms with Crippen molar-refractivity contribution >= 4 is 16.7 Å². The number of aryl methyl sites for hydroxylation is 2. The van der Waals surface area contributed by atoms with E-state index in [1.54, 1.807) is 0 Å². The number of carbonyl (C=O) groups is 1. The summed E-state index contributed by atoms with van der Waals surface area (Å²) in [6.07, 6.45) is -7.01. The average Bonchev–Trinajstić information content (AvgIpc) is 3.17. The number of aromatic nitrogens is 3. The van der Waals surface area contributed by atoms with Gasteiger partial charge in [-0.25, -0.2) is 4.98 Å². The maximum atomic E-state index is 13.8. The SMILES string of the molecule is [2H]c1nc(C)n(CC2([2H])C(=O)c3c(n(C)c4c([2H])c([2H])c([2H])c([2H])c34)C([2H])([2H])C2([2H])[2H])c1[2H]. The Morgan fingerprint density at radius 3 is 3.09 bits per heavy atom. The molecule has 22 heavy (non-hydrogen) atoms. The highest BCUT2D eigenvalue weighted by molar-refractivity contribution is 6.11. The van der Waals surface area contributed by atoms with Crippen LogP contribution in [0.15, 0.2) is 36.5 Å². The summed E-state index contributed by atoms with van der Waals surface area (Å²) in [5.41, 5.74) is -1.13. The van der Waals surface area contributed by atoms with E-state index in [4.69, 9.17) is 15.1 Å². The standard InChI is InChI=1S/C18H19N3O/c1-12-19-9-10-21(12)11-13-7-8-16-17(18(13)22)14-5-3-4-6-15(14)20(16)2/h3-6,9-10,13H,7-8,11H2,1-2H3/i3D,4D,5D,6D,7D2,8D2,9D,10D,13D. The van der Waals surface area contributed by atoms with Gasteiger partial charge in [0.15, 0.2) is 5.78 Å². The average molecular weight is 304 g/mol. The van der Waals surface area contributed by atoms with Crippen molar-refractivity contribution in [3.63, 3.8) is 0 Å². The van der Waals surface area contributed by atoms with Crippen LogP contribution < -0.4 is 0 Å². The van der Waals surface area contributed by atoms with Gasteiger partial charge in [-0.15, -0.1) is 0 Å². The van der Waals surface area contributed by atoms with Crippen LogP contribution in [0.25, 0.3) is 10.9 Å². The Kier molecular flexibility index (Phi) is 1.32. The molecule has 0 bridgehead atoms. The van der Waals surface area contributed by atoms with Gasteiger partial charge in [-0.3, -0.25) is 4.79 Å². The summed E-state index contributed by atoms with van der Waals surface area (Å²) in [5, 5.41) is -0.283. The predicted molar refractivity (Wildman–Crippen MR) is 86.0 cm³/mol. The Morgan fingerprint density at radius 2 is 2.32 bits per heavy atom. The lowest BCUT2D eigenvalue weighted by Gasteiger charge is -2.23. The smallest absolute Gasteiger partial charge is 0.170 e. The second-order valence-corrected chi connectivity index (χ2v) is 5.03. The highest BCUT2D eigenvalue weighted by atomic mass is 16.1.